The topological polar surface area (TPSA) is 33.1 Å². The largest absolute Gasteiger partial charge is 0.388 e. The minimum Gasteiger partial charge on any atom is -0.388 e. The van der Waals surface area contributed by atoms with E-state index in [1.807, 2.05) is 6.07 Å². The fourth-order valence-electron chi connectivity index (χ4n) is 3.59. The SMILES string of the molecule is OC(c1ccc(CSc2nc3ccccc3s2)cc1)C1CCCCC1. The molecule has 25 heavy (non-hydrogen) atoms. The van der Waals surface area contributed by atoms with Crippen molar-refractivity contribution in [2.24, 2.45) is 5.92 Å². The summed E-state index contributed by atoms with van der Waals surface area (Å²) in [6.45, 7) is 0. The van der Waals surface area contributed by atoms with Crippen molar-refractivity contribution in [1.82, 2.24) is 4.98 Å². The van der Waals surface area contributed by atoms with Crippen LogP contribution in [0.4, 0.5) is 0 Å². The average molecular weight is 370 g/mol. The van der Waals surface area contributed by atoms with Crippen LogP contribution in [0.5, 0.6) is 0 Å². The number of aliphatic hydroxyl groups excluding tert-OH is 1. The summed E-state index contributed by atoms with van der Waals surface area (Å²) in [5.74, 6) is 1.36. The van der Waals surface area contributed by atoms with Gasteiger partial charge in [-0.05, 0) is 42.0 Å². The molecule has 0 bridgehead atoms. The molecule has 4 heteroatoms. The zero-order chi connectivity index (χ0) is 17.1. The van der Waals surface area contributed by atoms with E-state index in [1.54, 1.807) is 23.1 Å². The average Bonchev–Trinajstić information content (AvgIpc) is 3.10. The second-order valence-corrected chi connectivity index (χ2v) is 9.07. The highest BCUT2D eigenvalue weighted by Crippen LogP contribution is 2.35. The second kappa shape index (κ2) is 7.90. The molecule has 130 valence electrons. The first-order valence-electron chi connectivity index (χ1n) is 9.05. The molecule has 1 heterocycles. The molecule has 0 radical (unpaired) electrons. The van der Waals surface area contributed by atoms with E-state index in [9.17, 15) is 5.11 Å². The Morgan fingerprint density at radius 1 is 1.04 bits per heavy atom. The summed E-state index contributed by atoms with van der Waals surface area (Å²) in [4.78, 5) is 4.68. The Hall–Kier alpha value is -1.36. The number of fused-ring (bicyclic) bond motifs is 1. The molecule has 2 nitrogen and oxygen atoms in total. The molecule has 1 aliphatic carbocycles. The van der Waals surface area contributed by atoms with Crippen molar-refractivity contribution in [2.75, 3.05) is 0 Å². The van der Waals surface area contributed by atoms with Crippen LogP contribution in [0.3, 0.4) is 0 Å². The summed E-state index contributed by atoms with van der Waals surface area (Å²) < 4.78 is 2.36. The van der Waals surface area contributed by atoms with Crippen molar-refractivity contribution in [2.45, 2.75) is 48.3 Å². The lowest BCUT2D eigenvalue weighted by molar-refractivity contribution is 0.0848. The summed E-state index contributed by atoms with van der Waals surface area (Å²) in [5, 5.41) is 10.6. The van der Waals surface area contributed by atoms with E-state index < -0.39 is 0 Å². The lowest BCUT2D eigenvalue weighted by Gasteiger charge is -2.26. The first kappa shape index (κ1) is 17.1. The third-order valence-electron chi connectivity index (χ3n) is 5.05. The Bertz CT molecular complexity index is 788. The number of thioether (sulfide) groups is 1. The molecule has 0 saturated heterocycles. The summed E-state index contributed by atoms with van der Waals surface area (Å²) in [6.07, 6.45) is 5.88. The van der Waals surface area contributed by atoms with E-state index in [2.05, 4.69) is 47.4 Å². The fraction of sp³-hybridized carbons (Fsp3) is 0.381. The summed E-state index contributed by atoms with van der Waals surface area (Å²) in [7, 11) is 0. The highest BCUT2D eigenvalue weighted by atomic mass is 32.2. The van der Waals surface area contributed by atoms with Gasteiger partial charge in [-0.1, -0.05) is 67.4 Å². The first-order chi connectivity index (χ1) is 12.3. The quantitative estimate of drug-likeness (QED) is 0.543. The third-order valence-corrected chi connectivity index (χ3v) is 7.30. The first-order valence-corrected chi connectivity index (χ1v) is 10.8. The molecule has 0 aliphatic heterocycles. The van der Waals surface area contributed by atoms with Gasteiger partial charge in [-0.3, -0.25) is 0 Å². The van der Waals surface area contributed by atoms with E-state index in [0.29, 0.717) is 5.92 Å². The minimum absolute atomic E-state index is 0.300. The lowest BCUT2D eigenvalue weighted by Crippen LogP contribution is -2.15. The van der Waals surface area contributed by atoms with E-state index >= 15 is 0 Å². The molecule has 1 atom stereocenters. The smallest absolute Gasteiger partial charge is 0.151 e. The Labute approximate surface area is 157 Å². The van der Waals surface area contributed by atoms with Gasteiger partial charge in [0.15, 0.2) is 4.34 Å². The van der Waals surface area contributed by atoms with Gasteiger partial charge in [-0.25, -0.2) is 4.98 Å². The second-order valence-electron chi connectivity index (χ2n) is 6.82. The maximum Gasteiger partial charge on any atom is 0.151 e. The maximum absolute atomic E-state index is 10.6. The van der Waals surface area contributed by atoms with Crippen LogP contribution in [0, 0.1) is 5.92 Å². The van der Waals surface area contributed by atoms with Gasteiger partial charge in [0.2, 0.25) is 0 Å². The molecule has 2 aromatic carbocycles. The number of hydrogen-bond acceptors (Lipinski definition) is 4. The number of aromatic nitrogens is 1. The van der Waals surface area contributed by atoms with Crippen LogP contribution in [0.2, 0.25) is 0 Å². The van der Waals surface area contributed by atoms with Crippen molar-refractivity contribution in [3.8, 4) is 0 Å². The van der Waals surface area contributed by atoms with Crippen molar-refractivity contribution in [3.05, 3.63) is 59.7 Å². The molecule has 1 fully saturated rings. The number of aliphatic hydroxyl groups is 1. The number of para-hydroxylation sites is 1. The zero-order valence-electron chi connectivity index (χ0n) is 14.2. The molecule has 1 saturated carbocycles. The van der Waals surface area contributed by atoms with Gasteiger partial charge in [0.1, 0.15) is 0 Å². The fourth-order valence-corrected chi connectivity index (χ4v) is 5.62. The highest BCUT2D eigenvalue weighted by Gasteiger charge is 2.22. The van der Waals surface area contributed by atoms with Crippen molar-refractivity contribution >= 4 is 33.3 Å². The molecular weight excluding hydrogens is 346 g/mol. The molecule has 4 rings (SSSR count). The molecule has 1 aliphatic rings. The monoisotopic (exact) mass is 369 g/mol. The van der Waals surface area contributed by atoms with E-state index in [1.165, 1.54) is 29.5 Å². The third kappa shape index (κ3) is 4.08. The maximum atomic E-state index is 10.6. The molecule has 0 amide bonds. The van der Waals surface area contributed by atoms with Gasteiger partial charge < -0.3 is 5.11 Å². The molecule has 1 aromatic heterocycles. The van der Waals surface area contributed by atoms with Crippen LogP contribution in [-0.4, -0.2) is 10.1 Å². The van der Waals surface area contributed by atoms with Crippen molar-refractivity contribution in [3.63, 3.8) is 0 Å². The number of rotatable bonds is 5. The Morgan fingerprint density at radius 3 is 2.56 bits per heavy atom. The van der Waals surface area contributed by atoms with E-state index in [-0.39, 0.29) is 6.10 Å². The van der Waals surface area contributed by atoms with Gasteiger partial charge >= 0.3 is 0 Å². The van der Waals surface area contributed by atoms with Gasteiger partial charge in [-0.2, -0.15) is 0 Å². The van der Waals surface area contributed by atoms with E-state index in [0.717, 1.165) is 34.0 Å². The Balaban J connectivity index is 1.38. The molecule has 3 aromatic rings. The summed E-state index contributed by atoms with van der Waals surface area (Å²) in [6, 6.07) is 16.8. The predicted molar refractivity (Wildman–Crippen MR) is 107 cm³/mol. The van der Waals surface area contributed by atoms with Crippen molar-refractivity contribution in [1.29, 1.82) is 0 Å². The van der Waals surface area contributed by atoms with Gasteiger partial charge in [0.25, 0.3) is 0 Å². The normalized spacial score (nSPS) is 17.0. The number of thiazole rings is 1. The lowest BCUT2D eigenvalue weighted by atomic mass is 9.83. The summed E-state index contributed by atoms with van der Waals surface area (Å²) >= 11 is 3.54. The minimum atomic E-state index is -0.300. The van der Waals surface area contributed by atoms with Crippen molar-refractivity contribution < 1.29 is 5.11 Å². The number of benzene rings is 2. The zero-order valence-corrected chi connectivity index (χ0v) is 15.9. The van der Waals surface area contributed by atoms with E-state index in [4.69, 9.17) is 0 Å². The van der Waals surface area contributed by atoms with Crippen LogP contribution in [0.15, 0.2) is 52.9 Å². The Kier molecular flexibility index (Phi) is 5.39. The van der Waals surface area contributed by atoms with Gasteiger partial charge in [0.05, 0.1) is 16.3 Å². The Morgan fingerprint density at radius 2 is 1.80 bits per heavy atom. The molecule has 1 N–H and O–H groups in total. The number of hydrogen-bond donors (Lipinski definition) is 1. The van der Waals surface area contributed by atoms with Crippen LogP contribution in [0.25, 0.3) is 10.2 Å². The summed E-state index contributed by atoms with van der Waals surface area (Å²) in [5.41, 5.74) is 3.44. The van der Waals surface area contributed by atoms with Crippen LogP contribution < -0.4 is 0 Å². The standard InChI is InChI=1S/C21H23NOS2/c23-20(16-6-2-1-3-7-16)17-12-10-15(11-13-17)14-24-21-22-18-8-4-5-9-19(18)25-21/h4-5,8-13,16,20,23H,1-3,6-7,14H2. The van der Waals surface area contributed by atoms with Crippen LogP contribution in [-0.2, 0) is 5.75 Å². The highest BCUT2D eigenvalue weighted by molar-refractivity contribution is 8.00. The predicted octanol–water partition coefficient (Wildman–Crippen LogP) is 6.20. The van der Waals surface area contributed by atoms with Crippen LogP contribution >= 0.6 is 23.1 Å². The molecule has 0 spiro atoms. The van der Waals surface area contributed by atoms with Gasteiger partial charge in [0, 0.05) is 5.75 Å². The number of nitrogens with zero attached hydrogens (tertiary/aromatic N) is 1. The van der Waals surface area contributed by atoms with Gasteiger partial charge in [-0.15, -0.1) is 11.3 Å². The molecular formula is C21H23NOS2. The van der Waals surface area contributed by atoms with Crippen LogP contribution in [0.1, 0.15) is 49.3 Å². The molecule has 1 unspecified atom stereocenters.